The summed E-state index contributed by atoms with van der Waals surface area (Å²) in [6.07, 6.45) is 3.05. The molecular formula is C13H16FNO3. The highest BCUT2D eigenvalue weighted by atomic mass is 19.1. The summed E-state index contributed by atoms with van der Waals surface area (Å²) in [6, 6.07) is 4.01. The minimum Gasteiger partial charge on any atom is -0.492 e. The highest BCUT2D eigenvalue weighted by molar-refractivity contribution is 5.91. The molecule has 0 radical (unpaired) electrons. The number of nitrogens with two attached hydrogens (primary N) is 1. The molecule has 0 amide bonds. The van der Waals surface area contributed by atoms with Crippen molar-refractivity contribution >= 4 is 5.97 Å². The van der Waals surface area contributed by atoms with Gasteiger partial charge in [0, 0.05) is 12.0 Å². The van der Waals surface area contributed by atoms with E-state index in [0.717, 1.165) is 25.3 Å². The third-order valence-corrected chi connectivity index (χ3v) is 3.57. The number of hydrogen-bond donors (Lipinski definition) is 2. The molecule has 1 aromatic carbocycles. The first-order chi connectivity index (χ1) is 8.58. The van der Waals surface area contributed by atoms with E-state index in [4.69, 9.17) is 15.6 Å². The predicted octanol–water partition coefficient (Wildman–Crippen LogP) is 2.03. The summed E-state index contributed by atoms with van der Waals surface area (Å²) >= 11 is 0. The zero-order valence-electron chi connectivity index (χ0n) is 9.99. The molecule has 0 heterocycles. The van der Waals surface area contributed by atoms with Gasteiger partial charge in [-0.3, -0.25) is 0 Å². The van der Waals surface area contributed by atoms with Gasteiger partial charge in [0.25, 0.3) is 0 Å². The van der Waals surface area contributed by atoms with E-state index in [1.165, 1.54) is 12.1 Å². The van der Waals surface area contributed by atoms with Crippen LogP contribution in [-0.2, 0) is 0 Å². The largest absolute Gasteiger partial charge is 0.492 e. The maximum atomic E-state index is 13.4. The second-order valence-electron chi connectivity index (χ2n) is 4.76. The average Bonchev–Trinajstić information content (AvgIpc) is 2.27. The van der Waals surface area contributed by atoms with Crippen LogP contribution in [0.2, 0.25) is 0 Å². The molecule has 0 bridgehead atoms. The van der Waals surface area contributed by atoms with Crippen molar-refractivity contribution in [2.45, 2.75) is 19.3 Å². The van der Waals surface area contributed by atoms with Crippen LogP contribution in [0.25, 0.3) is 0 Å². The van der Waals surface area contributed by atoms with Gasteiger partial charge in [-0.25, -0.2) is 9.18 Å². The first-order valence-electron chi connectivity index (χ1n) is 5.93. The van der Waals surface area contributed by atoms with E-state index in [-0.39, 0.29) is 11.2 Å². The molecule has 5 heteroatoms. The van der Waals surface area contributed by atoms with E-state index in [9.17, 15) is 9.18 Å². The molecule has 0 unspecified atom stereocenters. The number of ether oxygens (including phenoxy) is 1. The highest BCUT2D eigenvalue weighted by Gasteiger charge is 2.36. The van der Waals surface area contributed by atoms with E-state index in [1.54, 1.807) is 0 Å². The Bertz CT molecular complexity index is 452. The molecule has 18 heavy (non-hydrogen) atoms. The van der Waals surface area contributed by atoms with Crippen LogP contribution in [-0.4, -0.2) is 24.2 Å². The number of carboxylic acids is 1. The fourth-order valence-electron chi connectivity index (χ4n) is 2.15. The van der Waals surface area contributed by atoms with Gasteiger partial charge in [-0.15, -0.1) is 0 Å². The van der Waals surface area contributed by atoms with Crippen LogP contribution in [0.5, 0.6) is 5.75 Å². The standard InChI is InChI=1S/C13H16FNO3/c14-9-3-1-4-10(11(9)12(16)17)18-8-13(7-15)5-2-6-13/h1,3-4H,2,5-8,15H2,(H,16,17). The van der Waals surface area contributed by atoms with E-state index in [1.807, 2.05) is 0 Å². The lowest BCUT2D eigenvalue weighted by molar-refractivity contribution is 0.0606. The number of halogens is 1. The average molecular weight is 253 g/mol. The molecule has 1 aromatic rings. The second-order valence-corrected chi connectivity index (χ2v) is 4.76. The Morgan fingerprint density at radius 3 is 2.72 bits per heavy atom. The van der Waals surface area contributed by atoms with Gasteiger partial charge in [0.15, 0.2) is 0 Å². The Balaban J connectivity index is 2.14. The third-order valence-electron chi connectivity index (χ3n) is 3.57. The molecule has 98 valence electrons. The third kappa shape index (κ3) is 2.31. The molecule has 0 spiro atoms. The first kappa shape index (κ1) is 12.8. The van der Waals surface area contributed by atoms with Crippen LogP contribution in [0.15, 0.2) is 18.2 Å². The summed E-state index contributed by atoms with van der Waals surface area (Å²) in [5.74, 6) is -2.03. The molecule has 3 N–H and O–H groups in total. The highest BCUT2D eigenvalue weighted by Crippen LogP contribution is 2.40. The molecule has 0 aliphatic heterocycles. The molecule has 0 saturated heterocycles. The van der Waals surface area contributed by atoms with Crippen LogP contribution in [0.1, 0.15) is 29.6 Å². The summed E-state index contributed by atoms with van der Waals surface area (Å²) in [5, 5.41) is 8.96. The molecular weight excluding hydrogens is 237 g/mol. The van der Waals surface area contributed by atoms with E-state index in [0.29, 0.717) is 13.2 Å². The fraction of sp³-hybridized carbons (Fsp3) is 0.462. The Hall–Kier alpha value is -1.62. The minimum absolute atomic E-state index is 0.0674. The normalized spacial score (nSPS) is 17.0. The molecule has 0 aromatic heterocycles. The second kappa shape index (κ2) is 4.94. The van der Waals surface area contributed by atoms with Crippen molar-refractivity contribution in [1.29, 1.82) is 0 Å². The van der Waals surface area contributed by atoms with Crippen LogP contribution in [0.3, 0.4) is 0 Å². The molecule has 4 nitrogen and oxygen atoms in total. The topological polar surface area (TPSA) is 72.5 Å². The Labute approximate surface area is 105 Å². The molecule has 1 saturated carbocycles. The molecule has 1 fully saturated rings. The van der Waals surface area contributed by atoms with Gasteiger partial charge in [-0.2, -0.15) is 0 Å². The van der Waals surface area contributed by atoms with E-state index < -0.39 is 17.3 Å². The van der Waals surface area contributed by atoms with Crippen molar-refractivity contribution in [1.82, 2.24) is 0 Å². The lowest BCUT2D eigenvalue weighted by atomic mass is 9.69. The summed E-state index contributed by atoms with van der Waals surface area (Å²) in [4.78, 5) is 11.0. The van der Waals surface area contributed by atoms with Gasteiger partial charge in [0.1, 0.15) is 17.1 Å². The molecule has 1 aliphatic carbocycles. The lowest BCUT2D eigenvalue weighted by Gasteiger charge is -2.40. The zero-order chi connectivity index (χ0) is 13.2. The lowest BCUT2D eigenvalue weighted by Crippen LogP contribution is -2.42. The van der Waals surface area contributed by atoms with Crippen LogP contribution in [0.4, 0.5) is 4.39 Å². The monoisotopic (exact) mass is 253 g/mol. The van der Waals surface area contributed by atoms with Crippen molar-refractivity contribution in [3.63, 3.8) is 0 Å². The number of carboxylic acid groups (broad SMARTS) is 1. The zero-order valence-corrected chi connectivity index (χ0v) is 9.99. The number of rotatable bonds is 5. The minimum atomic E-state index is -1.32. The number of hydrogen-bond acceptors (Lipinski definition) is 3. The summed E-state index contributed by atoms with van der Waals surface area (Å²) < 4.78 is 18.9. The molecule has 0 atom stereocenters. The van der Waals surface area contributed by atoms with Crippen molar-refractivity contribution in [3.8, 4) is 5.75 Å². The first-order valence-corrected chi connectivity index (χ1v) is 5.93. The Morgan fingerprint density at radius 2 is 2.22 bits per heavy atom. The Morgan fingerprint density at radius 1 is 1.50 bits per heavy atom. The summed E-state index contributed by atoms with van der Waals surface area (Å²) in [7, 11) is 0. The van der Waals surface area contributed by atoms with E-state index in [2.05, 4.69) is 0 Å². The number of carbonyl (C=O) groups is 1. The van der Waals surface area contributed by atoms with Gasteiger partial charge in [0.2, 0.25) is 0 Å². The quantitative estimate of drug-likeness (QED) is 0.842. The smallest absolute Gasteiger partial charge is 0.342 e. The van der Waals surface area contributed by atoms with Gasteiger partial charge in [-0.1, -0.05) is 12.5 Å². The van der Waals surface area contributed by atoms with Gasteiger partial charge in [-0.05, 0) is 25.0 Å². The van der Waals surface area contributed by atoms with Gasteiger partial charge < -0.3 is 15.6 Å². The fourth-order valence-corrected chi connectivity index (χ4v) is 2.15. The maximum absolute atomic E-state index is 13.4. The summed E-state index contributed by atoms with van der Waals surface area (Å²) in [6.45, 7) is 0.845. The van der Waals surface area contributed by atoms with Crippen LogP contribution >= 0.6 is 0 Å². The van der Waals surface area contributed by atoms with Crippen molar-refractivity contribution in [3.05, 3.63) is 29.6 Å². The van der Waals surface area contributed by atoms with Gasteiger partial charge >= 0.3 is 5.97 Å². The van der Waals surface area contributed by atoms with Crippen LogP contribution < -0.4 is 10.5 Å². The van der Waals surface area contributed by atoms with E-state index >= 15 is 0 Å². The van der Waals surface area contributed by atoms with Crippen molar-refractivity contribution < 1.29 is 19.0 Å². The number of aromatic carboxylic acids is 1. The number of benzene rings is 1. The van der Waals surface area contributed by atoms with Gasteiger partial charge in [0.05, 0.1) is 6.61 Å². The maximum Gasteiger partial charge on any atom is 0.342 e. The molecule has 1 aliphatic rings. The molecule has 2 rings (SSSR count). The van der Waals surface area contributed by atoms with Crippen molar-refractivity contribution in [2.75, 3.05) is 13.2 Å². The summed E-state index contributed by atoms with van der Waals surface area (Å²) in [5.41, 5.74) is 5.21. The SMILES string of the molecule is NCC1(COc2cccc(F)c2C(=O)O)CCC1. The predicted molar refractivity (Wildman–Crippen MR) is 64.2 cm³/mol. The van der Waals surface area contributed by atoms with Crippen molar-refractivity contribution in [2.24, 2.45) is 11.1 Å². The van der Waals surface area contributed by atoms with Crippen LogP contribution in [0, 0.1) is 11.2 Å². The Kier molecular flexibility index (Phi) is 3.52.